The minimum absolute atomic E-state index is 0.157. The van der Waals surface area contributed by atoms with Crippen LogP contribution in [0.1, 0.15) is 6.92 Å². The third kappa shape index (κ3) is 1.37. The summed E-state index contributed by atoms with van der Waals surface area (Å²) in [6.07, 6.45) is 2.61. The molecule has 0 saturated carbocycles. The zero-order valence-electron chi connectivity index (χ0n) is 9.83. The van der Waals surface area contributed by atoms with Gasteiger partial charge in [0.15, 0.2) is 0 Å². The van der Waals surface area contributed by atoms with Gasteiger partial charge in [0.2, 0.25) is 0 Å². The molecule has 92 valence electrons. The van der Waals surface area contributed by atoms with Crippen LogP contribution in [0.15, 0.2) is 54.1 Å². The van der Waals surface area contributed by atoms with Crippen molar-refractivity contribution in [3.05, 3.63) is 54.1 Å². The van der Waals surface area contributed by atoms with Crippen LogP contribution in [0.5, 0.6) is 0 Å². The fraction of sp³-hybridized carbons (Fsp3) is 0.154. The summed E-state index contributed by atoms with van der Waals surface area (Å²) in [5, 5.41) is 18.1. The maximum absolute atomic E-state index is 12.2. The van der Waals surface area contributed by atoms with Crippen LogP contribution in [0.25, 0.3) is 0 Å². The normalized spacial score (nSPS) is 22.3. The van der Waals surface area contributed by atoms with Gasteiger partial charge in [-0.25, -0.2) is 5.01 Å². The van der Waals surface area contributed by atoms with Crippen molar-refractivity contribution in [2.75, 3.05) is 5.01 Å². The maximum Gasteiger partial charge on any atom is 0.269 e. The largest absolute Gasteiger partial charge is 0.859 e. The Balaban J connectivity index is 2.08. The first-order valence-electron chi connectivity index (χ1n) is 5.69. The summed E-state index contributed by atoms with van der Waals surface area (Å²) < 4.78 is 0. The molecular formula is C13H12N3O2-. The molecule has 0 aromatic heterocycles. The predicted octanol–water partition coefficient (Wildman–Crippen LogP) is 0.285. The van der Waals surface area contributed by atoms with E-state index in [0.29, 0.717) is 11.3 Å². The molecular weight excluding hydrogens is 230 g/mol. The van der Waals surface area contributed by atoms with E-state index in [-0.39, 0.29) is 18.0 Å². The monoisotopic (exact) mass is 242 g/mol. The van der Waals surface area contributed by atoms with E-state index in [0.717, 1.165) is 0 Å². The van der Waals surface area contributed by atoms with E-state index in [1.165, 1.54) is 16.1 Å². The molecule has 2 aliphatic heterocycles. The second kappa shape index (κ2) is 3.80. The smallest absolute Gasteiger partial charge is 0.269 e. The molecule has 2 aliphatic rings. The Morgan fingerprint density at radius 2 is 2.00 bits per heavy atom. The number of para-hydroxylation sites is 1. The van der Waals surface area contributed by atoms with Crippen LogP contribution in [-0.4, -0.2) is 17.1 Å². The number of hydrogen-bond acceptors (Lipinski definition) is 4. The summed E-state index contributed by atoms with van der Waals surface area (Å²) in [6, 6.07) is 9.15. The highest BCUT2D eigenvalue weighted by molar-refractivity contribution is 5.91. The Labute approximate surface area is 105 Å². The van der Waals surface area contributed by atoms with Gasteiger partial charge in [0.1, 0.15) is 6.17 Å². The lowest BCUT2D eigenvalue weighted by Crippen LogP contribution is -2.54. The van der Waals surface area contributed by atoms with Crippen molar-refractivity contribution >= 4 is 11.6 Å². The Morgan fingerprint density at radius 1 is 1.28 bits per heavy atom. The first kappa shape index (κ1) is 10.7. The number of rotatable bonds is 1. The molecule has 0 saturated heterocycles. The van der Waals surface area contributed by atoms with Gasteiger partial charge < -0.3 is 10.4 Å². The van der Waals surface area contributed by atoms with E-state index in [9.17, 15) is 9.90 Å². The molecule has 5 heteroatoms. The SMILES string of the molecule is CC1=C([O-])N(c2ccccc2)N2C(=O)C=CNC12. The summed E-state index contributed by atoms with van der Waals surface area (Å²) in [5.41, 5.74) is 1.30. The molecule has 1 N–H and O–H groups in total. The molecule has 18 heavy (non-hydrogen) atoms. The summed E-state index contributed by atoms with van der Waals surface area (Å²) in [5.74, 6) is -0.358. The number of amides is 1. The maximum atomic E-state index is 12.2. The van der Waals surface area contributed by atoms with Crippen LogP contribution in [-0.2, 0) is 4.79 Å². The number of benzene rings is 1. The average Bonchev–Trinajstić information content (AvgIpc) is 2.65. The number of carbonyl (C=O) groups is 1. The van der Waals surface area contributed by atoms with Crippen LogP contribution in [0, 0.1) is 0 Å². The molecule has 0 spiro atoms. The average molecular weight is 242 g/mol. The molecule has 3 rings (SSSR count). The topological polar surface area (TPSA) is 58.6 Å². The molecule has 0 aliphatic carbocycles. The zero-order valence-corrected chi connectivity index (χ0v) is 9.83. The third-order valence-corrected chi connectivity index (χ3v) is 3.11. The third-order valence-electron chi connectivity index (χ3n) is 3.11. The highest BCUT2D eigenvalue weighted by Gasteiger charge is 2.37. The highest BCUT2D eigenvalue weighted by Crippen LogP contribution is 2.31. The summed E-state index contributed by atoms with van der Waals surface area (Å²) in [7, 11) is 0. The van der Waals surface area contributed by atoms with Crippen molar-refractivity contribution in [1.29, 1.82) is 0 Å². The molecule has 1 amide bonds. The van der Waals surface area contributed by atoms with Gasteiger partial charge in [-0.15, -0.1) is 0 Å². The number of nitrogens with one attached hydrogen (secondary N) is 1. The molecule has 0 fully saturated rings. The number of nitrogens with zero attached hydrogens (tertiary/aromatic N) is 2. The number of carbonyl (C=O) groups excluding carboxylic acids is 1. The number of anilines is 1. The molecule has 1 atom stereocenters. The van der Waals surface area contributed by atoms with E-state index < -0.39 is 0 Å². The van der Waals surface area contributed by atoms with E-state index in [4.69, 9.17) is 0 Å². The number of fused-ring (bicyclic) bond motifs is 1. The lowest BCUT2D eigenvalue weighted by atomic mass is 10.2. The quantitative estimate of drug-likeness (QED) is 0.768. The van der Waals surface area contributed by atoms with Crippen molar-refractivity contribution in [2.24, 2.45) is 0 Å². The van der Waals surface area contributed by atoms with Crippen molar-refractivity contribution in [2.45, 2.75) is 13.1 Å². The molecule has 1 aromatic carbocycles. The summed E-state index contributed by atoms with van der Waals surface area (Å²) >= 11 is 0. The van der Waals surface area contributed by atoms with Crippen molar-refractivity contribution in [3.8, 4) is 0 Å². The second-order valence-corrected chi connectivity index (χ2v) is 4.22. The van der Waals surface area contributed by atoms with Gasteiger partial charge in [-0.2, -0.15) is 0 Å². The van der Waals surface area contributed by atoms with Crippen LogP contribution in [0.3, 0.4) is 0 Å². The molecule has 2 heterocycles. The van der Waals surface area contributed by atoms with Gasteiger partial charge in [-0.05, 0) is 30.5 Å². The highest BCUT2D eigenvalue weighted by atomic mass is 16.3. The number of hydrogen-bond donors (Lipinski definition) is 1. The molecule has 5 nitrogen and oxygen atoms in total. The zero-order chi connectivity index (χ0) is 12.7. The molecule has 0 bridgehead atoms. The molecule has 0 radical (unpaired) electrons. The summed E-state index contributed by atoms with van der Waals surface area (Å²) in [4.78, 5) is 11.9. The minimum Gasteiger partial charge on any atom is -0.859 e. The van der Waals surface area contributed by atoms with Gasteiger partial charge >= 0.3 is 0 Å². The Kier molecular flexibility index (Phi) is 2.26. The van der Waals surface area contributed by atoms with Crippen LogP contribution >= 0.6 is 0 Å². The van der Waals surface area contributed by atoms with E-state index in [2.05, 4.69) is 5.32 Å². The van der Waals surface area contributed by atoms with Crippen LogP contribution in [0.4, 0.5) is 5.69 Å². The van der Waals surface area contributed by atoms with Crippen LogP contribution < -0.4 is 15.4 Å². The standard InChI is InChI=1S/C13H13N3O2/c1-9-12-14-8-7-11(17)16(12)15(13(9)18)10-5-3-2-4-6-10/h2-8,12,14,18H,1H3/p-1. The fourth-order valence-corrected chi connectivity index (χ4v) is 2.20. The van der Waals surface area contributed by atoms with E-state index in [1.807, 2.05) is 18.2 Å². The minimum atomic E-state index is -0.379. The second-order valence-electron chi connectivity index (χ2n) is 4.22. The van der Waals surface area contributed by atoms with E-state index >= 15 is 0 Å². The Bertz CT molecular complexity index is 551. The van der Waals surface area contributed by atoms with Crippen LogP contribution in [0.2, 0.25) is 0 Å². The predicted molar refractivity (Wildman–Crippen MR) is 64.5 cm³/mol. The molecule has 1 unspecified atom stereocenters. The first-order chi connectivity index (χ1) is 8.70. The van der Waals surface area contributed by atoms with Crippen molar-refractivity contribution < 1.29 is 9.90 Å². The summed E-state index contributed by atoms with van der Waals surface area (Å²) in [6.45, 7) is 1.74. The lowest BCUT2D eigenvalue weighted by Gasteiger charge is -2.38. The van der Waals surface area contributed by atoms with E-state index in [1.54, 1.807) is 25.3 Å². The fourth-order valence-electron chi connectivity index (χ4n) is 2.20. The lowest BCUT2D eigenvalue weighted by molar-refractivity contribution is -0.308. The molecule has 1 aromatic rings. The van der Waals surface area contributed by atoms with Gasteiger partial charge in [-0.1, -0.05) is 18.2 Å². The van der Waals surface area contributed by atoms with Gasteiger partial charge in [0.25, 0.3) is 5.91 Å². The first-order valence-corrected chi connectivity index (χ1v) is 5.69. The number of hydrazine groups is 1. The van der Waals surface area contributed by atoms with Gasteiger partial charge in [0, 0.05) is 12.3 Å². The van der Waals surface area contributed by atoms with Crippen molar-refractivity contribution in [1.82, 2.24) is 10.3 Å². The van der Waals surface area contributed by atoms with Gasteiger partial charge in [-0.3, -0.25) is 9.80 Å². The van der Waals surface area contributed by atoms with Crippen molar-refractivity contribution in [3.63, 3.8) is 0 Å². The Morgan fingerprint density at radius 3 is 2.72 bits per heavy atom. The Hall–Kier alpha value is -2.43. The van der Waals surface area contributed by atoms with Gasteiger partial charge in [0.05, 0.1) is 5.69 Å².